The Balaban J connectivity index is 1.33. The molecule has 1 aliphatic heterocycles. The molecule has 1 aliphatic rings. The summed E-state index contributed by atoms with van der Waals surface area (Å²) in [5, 5.41) is 22.8. The van der Waals surface area contributed by atoms with Gasteiger partial charge in [-0.1, -0.05) is 59.6 Å². The Hall–Kier alpha value is -4.68. The van der Waals surface area contributed by atoms with Gasteiger partial charge in [0.2, 0.25) is 5.91 Å². The third kappa shape index (κ3) is 8.45. The van der Waals surface area contributed by atoms with E-state index in [1.165, 1.54) is 19.1 Å². The molecular weight excluding hydrogens is 614 g/mol. The van der Waals surface area contributed by atoms with Gasteiger partial charge in [0.05, 0.1) is 28.7 Å². The minimum Gasteiger partial charge on any atom is -0.480 e. The van der Waals surface area contributed by atoms with Crippen molar-refractivity contribution in [1.29, 1.82) is 0 Å². The first-order valence-electron chi connectivity index (χ1n) is 13.5. The van der Waals surface area contributed by atoms with Crippen LogP contribution in [0.3, 0.4) is 0 Å². The SMILES string of the molecule is CC(NC(=O)c1cccc(NC2=NCC(F)CN2)c1)C(=O)NCC(NC(=O)c1c(Cl)cc(-c2ccccc2)cc1Cl)C(=O)O. The molecule has 14 heteroatoms. The highest BCUT2D eigenvalue weighted by molar-refractivity contribution is 6.40. The van der Waals surface area contributed by atoms with Gasteiger partial charge in [0.1, 0.15) is 18.3 Å². The molecule has 0 saturated heterocycles. The molecule has 3 unspecified atom stereocenters. The summed E-state index contributed by atoms with van der Waals surface area (Å²) in [6, 6.07) is 16.1. The Morgan fingerprint density at radius 3 is 2.32 bits per heavy atom. The minimum absolute atomic E-state index is 0.0222. The van der Waals surface area contributed by atoms with Crippen LogP contribution in [-0.2, 0) is 9.59 Å². The van der Waals surface area contributed by atoms with Crippen molar-refractivity contribution in [1.82, 2.24) is 21.3 Å². The van der Waals surface area contributed by atoms with E-state index in [1.807, 2.05) is 30.3 Å². The van der Waals surface area contributed by atoms with Gasteiger partial charge < -0.3 is 31.7 Å². The third-order valence-corrected chi connectivity index (χ3v) is 7.12. The number of hydrogen-bond acceptors (Lipinski definition) is 7. The first kappa shape index (κ1) is 32.2. The molecule has 0 spiro atoms. The van der Waals surface area contributed by atoms with E-state index in [1.54, 1.807) is 24.3 Å². The summed E-state index contributed by atoms with van der Waals surface area (Å²) in [6.07, 6.45) is -1.07. The van der Waals surface area contributed by atoms with Crippen molar-refractivity contribution in [2.24, 2.45) is 4.99 Å². The normalized spacial score (nSPS) is 15.5. The summed E-state index contributed by atoms with van der Waals surface area (Å²) >= 11 is 12.7. The largest absolute Gasteiger partial charge is 0.480 e. The topological polar surface area (TPSA) is 161 Å². The molecule has 11 nitrogen and oxygen atoms in total. The second-order valence-corrected chi connectivity index (χ2v) is 10.7. The standard InChI is InChI=1S/C30H29Cl2FN6O5/c1-16(37-27(41)18-8-5-9-21(10-18)38-30-35-13-20(33)14-36-30)26(40)34-15-24(29(43)44)39-28(42)25-22(31)11-19(12-23(25)32)17-6-3-2-4-7-17/h2-12,16,20,24H,13-15H2,1H3,(H,34,40)(H,37,41)(H,39,42)(H,43,44)(H2,35,36,38). The van der Waals surface area contributed by atoms with Crippen LogP contribution in [-0.4, -0.2) is 72.6 Å². The third-order valence-electron chi connectivity index (χ3n) is 6.53. The van der Waals surface area contributed by atoms with Crippen molar-refractivity contribution in [2.75, 3.05) is 25.0 Å². The lowest BCUT2D eigenvalue weighted by molar-refractivity contribution is -0.139. The average molecular weight is 644 g/mol. The number of aliphatic imine (C=N–C) groups is 1. The van der Waals surface area contributed by atoms with E-state index in [2.05, 4.69) is 31.6 Å². The van der Waals surface area contributed by atoms with E-state index in [0.29, 0.717) is 17.2 Å². The summed E-state index contributed by atoms with van der Waals surface area (Å²) in [4.78, 5) is 54.3. The quantitative estimate of drug-likeness (QED) is 0.197. The highest BCUT2D eigenvalue weighted by atomic mass is 35.5. The van der Waals surface area contributed by atoms with Gasteiger partial charge in [0, 0.05) is 17.8 Å². The van der Waals surface area contributed by atoms with Crippen LogP contribution < -0.4 is 26.6 Å². The van der Waals surface area contributed by atoms with E-state index in [0.717, 1.165) is 5.56 Å². The lowest BCUT2D eigenvalue weighted by atomic mass is 10.0. The molecule has 3 aromatic carbocycles. The fraction of sp³-hybridized carbons (Fsp3) is 0.233. The number of hydrogen-bond donors (Lipinski definition) is 6. The van der Waals surface area contributed by atoms with Crippen LogP contribution in [0, 0.1) is 0 Å². The van der Waals surface area contributed by atoms with Crippen molar-refractivity contribution in [3.8, 4) is 11.1 Å². The number of carbonyl (C=O) groups is 4. The zero-order chi connectivity index (χ0) is 31.8. The number of halogens is 3. The predicted octanol–water partition coefficient (Wildman–Crippen LogP) is 3.49. The Kier molecular flexibility index (Phi) is 10.7. The highest BCUT2D eigenvalue weighted by Crippen LogP contribution is 2.31. The van der Waals surface area contributed by atoms with E-state index < -0.39 is 48.5 Å². The molecule has 4 rings (SSSR count). The number of amides is 3. The molecule has 0 aromatic heterocycles. The number of alkyl halides is 1. The Morgan fingerprint density at radius 1 is 0.977 bits per heavy atom. The summed E-state index contributed by atoms with van der Waals surface area (Å²) in [6.45, 7) is 1.09. The number of benzene rings is 3. The van der Waals surface area contributed by atoms with Gasteiger partial charge >= 0.3 is 5.97 Å². The molecule has 3 amide bonds. The molecule has 0 radical (unpaired) electrons. The molecule has 0 saturated carbocycles. The summed E-state index contributed by atoms with van der Waals surface area (Å²) < 4.78 is 13.3. The van der Waals surface area contributed by atoms with Crippen LogP contribution in [0.4, 0.5) is 10.1 Å². The van der Waals surface area contributed by atoms with Crippen molar-refractivity contribution < 1.29 is 28.7 Å². The van der Waals surface area contributed by atoms with Crippen LogP contribution >= 0.6 is 23.2 Å². The summed E-state index contributed by atoms with van der Waals surface area (Å²) in [7, 11) is 0. The predicted molar refractivity (Wildman–Crippen MR) is 166 cm³/mol. The van der Waals surface area contributed by atoms with E-state index in [9.17, 15) is 28.7 Å². The van der Waals surface area contributed by atoms with Crippen LogP contribution in [0.25, 0.3) is 11.1 Å². The van der Waals surface area contributed by atoms with Crippen molar-refractivity contribution in [2.45, 2.75) is 25.2 Å². The van der Waals surface area contributed by atoms with Gasteiger partial charge in [0.25, 0.3) is 11.8 Å². The van der Waals surface area contributed by atoms with Gasteiger partial charge in [-0.25, -0.2) is 14.2 Å². The molecule has 230 valence electrons. The van der Waals surface area contributed by atoms with Crippen LogP contribution in [0.1, 0.15) is 27.6 Å². The molecule has 0 fully saturated rings. The number of rotatable bonds is 10. The fourth-order valence-electron chi connectivity index (χ4n) is 4.20. The van der Waals surface area contributed by atoms with Crippen molar-refractivity contribution >= 4 is 58.5 Å². The van der Waals surface area contributed by atoms with Gasteiger partial charge in [-0.15, -0.1) is 0 Å². The second-order valence-electron chi connectivity index (χ2n) is 9.86. The zero-order valence-electron chi connectivity index (χ0n) is 23.4. The lowest BCUT2D eigenvalue weighted by Crippen LogP contribution is -2.52. The van der Waals surface area contributed by atoms with Crippen molar-refractivity contribution in [3.05, 3.63) is 87.9 Å². The minimum atomic E-state index is -1.53. The van der Waals surface area contributed by atoms with Gasteiger partial charge in [-0.3, -0.25) is 14.4 Å². The second kappa shape index (κ2) is 14.7. The van der Waals surface area contributed by atoms with Gasteiger partial charge in [-0.2, -0.15) is 0 Å². The van der Waals surface area contributed by atoms with E-state index in [4.69, 9.17) is 23.2 Å². The number of carboxylic acid groups (broad SMARTS) is 1. The van der Waals surface area contributed by atoms with Gasteiger partial charge in [-0.05, 0) is 48.4 Å². The maximum absolute atomic E-state index is 13.3. The maximum atomic E-state index is 13.3. The maximum Gasteiger partial charge on any atom is 0.328 e. The Morgan fingerprint density at radius 2 is 1.68 bits per heavy atom. The smallest absolute Gasteiger partial charge is 0.328 e. The monoisotopic (exact) mass is 642 g/mol. The molecule has 6 N–H and O–H groups in total. The molecular formula is C30H29Cl2FN6O5. The molecule has 0 aliphatic carbocycles. The number of nitrogens with one attached hydrogen (secondary N) is 5. The number of anilines is 1. The first-order valence-corrected chi connectivity index (χ1v) is 14.2. The summed E-state index contributed by atoms with van der Waals surface area (Å²) in [5.74, 6) is -3.12. The molecule has 3 atom stereocenters. The molecule has 1 heterocycles. The zero-order valence-corrected chi connectivity index (χ0v) is 24.9. The van der Waals surface area contributed by atoms with Crippen LogP contribution in [0.5, 0.6) is 0 Å². The number of carboxylic acids is 1. The average Bonchev–Trinajstić information content (AvgIpc) is 3.00. The number of carbonyl (C=O) groups excluding carboxylic acids is 3. The van der Waals surface area contributed by atoms with Gasteiger partial charge in [0.15, 0.2) is 5.96 Å². The molecule has 0 bridgehead atoms. The Bertz CT molecular complexity index is 1570. The first-order chi connectivity index (χ1) is 21.0. The fourth-order valence-corrected chi connectivity index (χ4v) is 4.85. The Labute approximate surface area is 262 Å². The van der Waals surface area contributed by atoms with Crippen LogP contribution in [0.2, 0.25) is 10.0 Å². The van der Waals surface area contributed by atoms with Crippen molar-refractivity contribution in [3.63, 3.8) is 0 Å². The number of aliphatic carboxylic acids is 1. The summed E-state index contributed by atoms with van der Waals surface area (Å²) in [5.41, 5.74) is 2.14. The lowest BCUT2D eigenvalue weighted by Gasteiger charge is -2.20. The number of guanidine groups is 1. The highest BCUT2D eigenvalue weighted by Gasteiger charge is 2.26. The van der Waals surface area contributed by atoms with E-state index in [-0.39, 0.29) is 34.3 Å². The molecule has 3 aromatic rings. The van der Waals surface area contributed by atoms with Crippen LogP contribution in [0.15, 0.2) is 71.7 Å². The van der Waals surface area contributed by atoms with E-state index >= 15 is 0 Å². The molecule has 44 heavy (non-hydrogen) atoms. The number of nitrogens with zero attached hydrogens (tertiary/aromatic N) is 1.